The van der Waals surface area contributed by atoms with Crippen LogP contribution < -0.4 is 15.5 Å². The molecule has 0 saturated heterocycles. The number of carbonyl (C=O) groups is 3. The zero-order valence-electron chi connectivity index (χ0n) is 19.4. The Bertz CT molecular complexity index is 1050. The number of nitrogens with one attached hydrogen (secondary N) is 2. The molecule has 0 aliphatic heterocycles. The molecular weight excluding hydrogens is 402 g/mol. The first kappa shape index (κ1) is 22.1. The fourth-order valence-corrected chi connectivity index (χ4v) is 4.06. The number of carbonyl (C=O) groups excluding carboxylic acids is 3. The van der Waals surface area contributed by atoms with Crippen molar-refractivity contribution in [3.8, 4) is 0 Å². The van der Waals surface area contributed by atoms with Gasteiger partial charge in [0.05, 0.1) is 0 Å². The number of amides is 3. The maximum Gasteiger partial charge on any atom is 0.258 e. The summed E-state index contributed by atoms with van der Waals surface area (Å²) in [6.07, 6.45) is 1.82. The van der Waals surface area contributed by atoms with Crippen molar-refractivity contribution in [3.05, 3.63) is 54.1 Å². The highest BCUT2D eigenvalue weighted by Gasteiger charge is 2.51. The van der Waals surface area contributed by atoms with Gasteiger partial charge in [-0.05, 0) is 72.2 Å². The predicted molar refractivity (Wildman–Crippen MR) is 127 cm³/mol. The van der Waals surface area contributed by atoms with Crippen LogP contribution in [0.25, 0.3) is 0 Å². The first-order chi connectivity index (χ1) is 15.0. The molecule has 0 aromatic heterocycles. The number of anilines is 3. The minimum absolute atomic E-state index is 0.0311. The lowest BCUT2D eigenvalue weighted by Crippen LogP contribution is -2.26. The molecule has 6 heteroatoms. The van der Waals surface area contributed by atoms with Crippen molar-refractivity contribution >= 4 is 34.8 Å². The highest BCUT2D eigenvalue weighted by atomic mass is 16.2. The maximum absolute atomic E-state index is 12.9. The maximum atomic E-state index is 12.9. The predicted octanol–water partition coefficient (Wildman–Crippen LogP) is 4.93. The van der Waals surface area contributed by atoms with Crippen LogP contribution in [-0.2, 0) is 9.59 Å². The molecule has 2 saturated carbocycles. The van der Waals surface area contributed by atoms with Gasteiger partial charge in [0.15, 0.2) is 0 Å². The highest BCUT2D eigenvalue weighted by molar-refractivity contribution is 6.06. The average Bonchev–Trinajstić information content (AvgIpc) is 3.61. The molecule has 2 aliphatic rings. The van der Waals surface area contributed by atoms with Crippen molar-refractivity contribution in [1.82, 2.24) is 0 Å². The lowest BCUT2D eigenvalue weighted by molar-refractivity contribution is -0.118. The summed E-state index contributed by atoms with van der Waals surface area (Å²) in [6.45, 7) is 8.36. The minimum atomic E-state index is -0.150. The van der Waals surface area contributed by atoms with Gasteiger partial charge in [0.2, 0.25) is 11.8 Å². The van der Waals surface area contributed by atoms with Crippen molar-refractivity contribution in [2.45, 2.75) is 40.5 Å². The fraction of sp³-hybridized carbons (Fsp3) is 0.423. The van der Waals surface area contributed by atoms with Crippen LogP contribution in [-0.4, -0.2) is 24.8 Å². The molecule has 2 aromatic carbocycles. The Hall–Kier alpha value is -3.15. The molecule has 168 valence electrons. The summed E-state index contributed by atoms with van der Waals surface area (Å²) in [5.74, 6) is 0.0457. The number of rotatable bonds is 6. The van der Waals surface area contributed by atoms with Gasteiger partial charge in [-0.1, -0.05) is 27.7 Å². The van der Waals surface area contributed by atoms with Crippen LogP contribution in [0.2, 0.25) is 0 Å². The highest BCUT2D eigenvalue weighted by Crippen LogP contribution is 2.52. The fourth-order valence-electron chi connectivity index (χ4n) is 4.06. The summed E-state index contributed by atoms with van der Waals surface area (Å²) < 4.78 is 0. The molecule has 2 aliphatic carbocycles. The normalized spacial score (nSPS) is 21.9. The van der Waals surface area contributed by atoms with Crippen molar-refractivity contribution in [1.29, 1.82) is 0 Å². The topological polar surface area (TPSA) is 78.5 Å². The van der Waals surface area contributed by atoms with E-state index in [0.29, 0.717) is 11.3 Å². The van der Waals surface area contributed by atoms with Gasteiger partial charge in [-0.3, -0.25) is 14.4 Å². The van der Waals surface area contributed by atoms with Crippen LogP contribution in [0.1, 0.15) is 50.9 Å². The first-order valence-electron chi connectivity index (χ1n) is 11.1. The Morgan fingerprint density at radius 2 is 1.12 bits per heavy atom. The second-order valence-corrected chi connectivity index (χ2v) is 10.5. The second kappa shape index (κ2) is 7.76. The number of benzene rings is 2. The van der Waals surface area contributed by atoms with Gasteiger partial charge in [-0.25, -0.2) is 0 Å². The Kier molecular flexibility index (Phi) is 5.35. The smallest absolute Gasteiger partial charge is 0.258 e. The van der Waals surface area contributed by atoms with Gasteiger partial charge < -0.3 is 15.5 Å². The van der Waals surface area contributed by atoms with Crippen molar-refractivity contribution in [3.63, 3.8) is 0 Å². The van der Waals surface area contributed by atoms with Crippen molar-refractivity contribution in [2.75, 3.05) is 22.6 Å². The van der Waals surface area contributed by atoms with E-state index in [2.05, 4.69) is 38.3 Å². The summed E-state index contributed by atoms with van der Waals surface area (Å²) in [4.78, 5) is 39.0. The Balaban J connectivity index is 1.34. The van der Waals surface area contributed by atoms with Gasteiger partial charge in [-0.2, -0.15) is 0 Å². The van der Waals surface area contributed by atoms with Crippen LogP contribution >= 0.6 is 0 Å². The van der Waals surface area contributed by atoms with Crippen LogP contribution in [0.4, 0.5) is 17.1 Å². The Labute approximate surface area is 189 Å². The van der Waals surface area contributed by atoms with Crippen LogP contribution in [0.15, 0.2) is 48.5 Å². The van der Waals surface area contributed by atoms with Crippen LogP contribution in [0, 0.1) is 22.7 Å². The summed E-state index contributed by atoms with van der Waals surface area (Å²) in [7, 11) is 1.72. The first-order valence-corrected chi connectivity index (χ1v) is 11.1. The second-order valence-electron chi connectivity index (χ2n) is 10.5. The summed E-state index contributed by atoms with van der Waals surface area (Å²) in [5, 5.41) is 5.88. The molecule has 0 radical (unpaired) electrons. The minimum Gasteiger partial charge on any atom is -0.326 e. The third-order valence-corrected chi connectivity index (χ3v) is 6.89. The average molecular weight is 434 g/mol. The summed E-state index contributed by atoms with van der Waals surface area (Å²) in [6, 6.07) is 14.2. The van der Waals surface area contributed by atoms with Crippen LogP contribution in [0.5, 0.6) is 0 Å². The van der Waals surface area contributed by atoms with Gasteiger partial charge >= 0.3 is 0 Å². The third-order valence-electron chi connectivity index (χ3n) is 6.89. The van der Waals surface area contributed by atoms with Gasteiger partial charge in [0, 0.05) is 41.5 Å². The van der Waals surface area contributed by atoms with Crippen molar-refractivity contribution < 1.29 is 14.4 Å². The lowest BCUT2D eigenvalue weighted by atomic mass is 10.1. The van der Waals surface area contributed by atoms with Crippen molar-refractivity contribution in [2.24, 2.45) is 22.7 Å². The molecule has 2 fully saturated rings. The molecule has 2 aromatic rings. The number of nitrogens with zero attached hydrogens (tertiary/aromatic N) is 1. The molecule has 6 nitrogen and oxygen atoms in total. The number of hydrogen-bond acceptors (Lipinski definition) is 3. The Morgan fingerprint density at radius 1 is 0.750 bits per heavy atom. The molecule has 32 heavy (non-hydrogen) atoms. The van der Waals surface area contributed by atoms with Gasteiger partial charge in [-0.15, -0.1) is 0 Å². The number of hydrogen-bond donors (Lipinski definition) is 2. The molecule has 0 heterocycles. The standard InChI is InChI=1S/C26H31N3O3/c1-25(2)14-20(25)22(30)27-17-8-6-16(7-9-17)24(32)29(5)19-12-10-18(11-13-19)28-23(31)21-15-26(21,3)4/h6-13,20-21H,14-15H2,1-5H3,(H,27,30)(H,28,31). The zero-order valence-corrected chi connectivity index (χ0v) is 19.4. The molecule has 2 N–H and O–H groups in total. The van der Waals surface area contributed by atoms with E-state index in [4.69, 9.17) is 0 Å². The van der Waals surface area contributed by atoms with E-state index in [0.717, 1.165) is 24.2 Å². The molecule has 2 unspecified atom stereocenters. The van der Waals surface area contributed by atoms with E-state index in [1.807, 2.05) is 24.3 Å². The van der Waals surface area contributed by atoms with Gasteiger partial charge in [0.25, 0.3) is 5.91 Å². The quantitative estimate of drug-likeness (QED) is 0.678. The van der Waals surface area contributed by atoms with E-state index in [9.17, 15) is 14.4 Å². The molecule has 2 atom stereocenters. The molecular formula is C26H31N3O3. The van der Waals surface area contributed by atoms with E-state index >= 15 is 0 Å². The van der Waals surface area contributed by atoms with E-state index in [1.165, 1.54) is 0 Å². The lowest BCUT2D eigenvalue weighted by Gasteiger charge is -2.18. The molecule has 0 spiro atoms. The molecule has 4 rings (SSSR count). The third kappa shape index (κ3) is 4.54. The van der Waals surface area contributed by atoms with E-state index in [1.54, 1.807) is 36.2 Å². The van der Waals surface area contributed by atoms with E-state index < -0.39 is 0 Å². The zero-order chi connectivity index (χ0) is 23.3. The summed E-state index contributed by atoms with van der Waals surface area (Å²) >= 11 is 0. The van der Waals surface area contributed by atoms with Gasteiger partial charge in [0.1, 0.15) is 0 Å². The monoisotopic (exact) mass is 433 g/mol. The largest absolute Gasteiger partial charge is 0.326 e. The molecule has 0 bridgehead atoms. The molecule has 3 amide bonds. The SMILES string of the molecule is CN(C(=O)c1ccc(NC(=O)C2CC2(C)C)cc1)c1ccc(NC(=O)C2CC2(C)C)cc1. The Morgan fingerprint density at radius 3 is 1.50 bits per heavy atom. The summed E-state index contributed by atoms with van der Waals surface area (Å²) in [5.41, 5.74) is 2.84. The van der Waals surface area contributed by atoms with Crippen LogP contribution in [0.3, 0.4) is 0 Å². The van der Waals surface area contributed by atoms with E-state index in [-0.39, 0.29) is 40.4 Å².